The van der Waals surface area contributed by atoms with Crippen molar-refractivity contribution in [1.82, 2.24) is 14.9 Å². The number of hydrogen-bond acceptors (Lipinski definition) is 6. The van der Waals surface area contributed by atoms with Crippen molar-refractivity contribution in [1.29, 1.82) is 0 Å². The van der Waals surface area contributed by atoms with E-state index in [0.717, 1.165) is 34.5 Å². The predicted molar refractivity (Wildman–Crippen MR) is 117 cm³/mol. The number of hydrogen-bond donors (Lipinski definition) is 0. The highest BCUT2D eigenvalue weighted by Crippen LogP contribution is 2.38. The van der Waals surface area contributed by atoms with Gasteiger partial charge in [-0.25, -0.2) is 9.97 Å². The first-order valence-corrected chi connectivity index (χ1v) is 10.4. The third-order valence-corrected chi connectivity index (χ3v) is 5.84. The normalized spacial score (nSPS) is 15.8. The number of rotatable bonds is 4. The maximum Gasteiger partial charge on any atom is 0.316 e. The van der Waals surface area contributed by atoms with E-state index < -0.39 is 0 Å². The van der Waals surface area contributed by atoms with Gasteiger partial charge in [0.25, 0.3) is 5.91 Å². The summed E-state index contributed by atoms with van der Waals surface area (Å²) in [5.41, 5.74) is 4.49. The average Bonchev–Trinajstić information content (AvgIpc) is 2.98. The first-order valence-electron chi connectivity index (χ1n) is 10.0. The molecule has 1 aromatic heterocycles. The van der Waals surface area contributed by atoms with Gasteiger partial charge in [0.2, 0.25) is 0 Å². The van der Waals surface area contributed by atoms with Crippen LogP contribution in [0.1, 0.15) is 27.0 Å². The first-order chi connectivity index (χ1) is 15.1. The Morgan fingerprint density at radius 1 is 1.13 bits per heavy atom. The molecule has 0 unspecified atom stereocenters. The van der Waals surface area contributed by atoms with E-state index in [1.807, 2.05) is 36.4 Å². The molecule has 2 aromatic carbocycles. The predicted octanol–water partition coefficient (Wildman–Crippen LogP) is 3.69. The second kappa shape index (κ2) is 8.17. The molecule has 1 amide bonds. The van der Waals surface area contributed by atoms with Gasteiger partial charge in [-0.2, -0.15) is 0 Å². The van der Waals surface area contributed by atoms with Crippen molar-refractivity contribution < 1.29 is 14.3 Å². The molecule has 3 aromatic rings. The van der Waals surface area contributed by atoms with Crippen molar-refractivity contribution in [3.63, 3.8) is 0 Å². The molecule has 0 saturated heterocycles. The van der Waals surface area contributed by atoms with Crippen LogP contribution in [0.15, 0.2) is 48.8 Å². The van der Waals surface area contributed by atoms with Gasteiger partial charge in [0.15, 0.2) is 0 Å². The Morgan fingerprint density at radius 2 is 1.94 bits per heavy atom. The van der Waals surface area contributed by atoms with Gasteiger partial charge in [-0.1, -0.05) is 29.8 Å². The molecule has 0 fully saturated rings. The summed E-state index contributed by atoms with van der Waals surface area (Å²) >= 11 is 6.58. The summed E-state index contributed by atoms with van der Waals surface area (Å²) < 4.78 is 11.0. The van der Waals surface area contributed by atoms with E-state index in [2.05, 4.69) is 14.9 Å². The lowest BCUT2D eigenvalue weighted by Gasteiger charge is -2.21. The number of methoxy groups -OCH3 is 1. The number of halogens is 1. The van der Waals surface area contributed by atoms with E-state index in [-0.39, 0.29) is 5.91 Å². The molecule has 8 heteroatoms. The Morgan fingerprint density at radius 3 is 2.71 bits per heavy atom. The van der Waals surface area contributed by atoms with E-state index in [1.54, 1.807) is 24.4 Å². The molecule has 0 bridgehead atoms. The lowest BCUT2D eigenvalue weighted by Crippen LogP contribution is -2.25. The number of carbonyl (C=O) groups is 1. The molecule has 31 heavy (non-hydrogen) atoms. The summed E-state index contributed by atoms with van der Waals surface area (Å²) in [5, 5.41) is 0.519. The van der Waals surface area contributed by atoms with Gasteiger partial charge in [-0.15, -0.1) is 0 Å². The molecule has 0 saturated carbocycles. The van der Waals surface area contributed by atoms with Gasteiger partial charge in [0, 0.05) is 54.4 Å². The maximum absolute atomic E-state index is 12.9. The Hall–Kier alpha value is -3.16. The number of aromatic nitrogens is 2. The molecule has 7 nitrogen and oxygen atoms in total. The summed E-state index contributed by atoms with van der Waals surface area (Å²) in [4.78, 5) is 25.3. The Labute approximate surface area is 185 Å². The number of benzene rings is 2. The van der Waals surface area contributed by atoms with Crippen LogP contribution in [0.25, 0.3) is 0 Å². The Bertz CT molecular complexity index is 1140. The molecule has 2 aliphatic heterocycles. The highest BCUT2D eigenvalue weighted by molar-refractivity contribution is 6.32. The van der Waals surface area contributed by atoms with Crippen LogP contribution in [0, 0.1) is 0 Å². The van der Waals surface area contributed by atoms with E-state index in [4.69, 9.17) is 21.1 Å². The van der Waals surface area contributed by atoms with E-state index >= 15 is 0 Å². The van der Waals surface area contributed by atoms with Crippen LogP contribution in [0.3, 0.4) is 0 Å². The number of carbonyl (C=O) groups excluding carboxylic acids is 1. The van der Waals surface area contributed by atoms with Gasteiger partial charge < -0.3 is 14.4 Å². The van der Waals surface area contributed by atoms with E-state index in [1.165, 1.54) is 0 Å². The minimum atomic E-state index is -0.00612. The van der Waals surface area contributed by atoms with Gasteiger partial charge in [0.05, 0.1) is 18.7 Å². The maximum atomic E-state index is 12.9. The number of fused-ring (bicyclic) bond motifs is 2. The molecular formula is C23H21ClN4O3. The van der Waals surface area contributed by atoms with Crippen LogP contribution in [0.4, 0.5) is 5.69 Å². The highest BCUT2D eigenvalue weighted by atomic mass is 35.5. The molecule has 5 rings (SSSR count). The molecule has 0 aliphatic carbocycles. The summed E-state index contributed by atoms with van der Waals surface area (Å²) in [7, 11) is 1.54. The quantitative estimate of drug-likeness (QED) is 0.621. The Balaban J connectivity index is 1.40. The molecule has 158 valence electrons. The van der Waals surface area contributed by atoms with Crippen molar-refractivity contribution in [3.05, 3.63) is 76.1 Å². The van der Waals surface area contributed by atoms with Crippen molar-refractivity contribution in [3.8, 4) is 11.8 Å². The fourth-order valence-corrected chi connectivity index (χ4v) is 4.34. The van der Waals surface area contributed by atoms with Gasteiger partial charge in [-0.05, 0) is 23.8 Å². The molecule has 0 N–H and O–H groups in total. The average molecular weight is 437 g/mol. The summed E-state index contributed by atoms with van der Waals surface area (Å²) in [6.07, 6.45) is 3.53. The van der Waals surface area contributed by atoms with Gasteiger partial charge in [0.1, 0.15) is 12.4 Å². The van der Waals surface area contributed by atoms with Gasteiger partial charge >= 0.3 is 6.01 Å². The highest BCUT2D eigenvalue weighted by Gasteiger charge is 2.29. The minimum absolute atomic E-state index is 0.00612. The standard InChI is InChI=1S/C23H21ClN4O3/c1-30-23-25-10-15(11-26-23)12-27-6-7-31-21-17(13-27)8-18(9-20(21)24)28-14-16-4-2-3-5-19(16)22(28)29/h2-5,8-11H,6-7,12-14H2,1H3. The topological polar surface area (TPSA) is 67.8 Å². The summed E-state index contributed by atoms with van der Waals surface area (Å²) in [6.45, 7) is 3.11. The van der Waals surface area contributed by atoms with Crippen LogP contribution in [0.5, 0.6) is 11.8 Å². The molecule has 2 aliphatic rings. The second-order valence-electron chi connectivity index (χ2n) is 7.60. The summed E-state index contributed by atoms with van der Waals surface area (Å²) in [6, 6.07) is 11.9. The van der Waals surface area contributed by atoms with Crippen molar-refractivity contribution in [2.75, 3.05) is 25.2 Å². The summed E-state index contributed by atoms with van der Waals surface area (Å²) in [5.74, 6) is 0.677. The van der Waals surface area contributed by atoms with E-state index in [9.17, 15) is 4.79 Å². The number of amides is 1. The van der Waals surface area contributed by atoms with Crippen molar-refractivity contribution in [2.45, 2.75) is 19.6 Å². The zero-order chi connectivity index (χ0) is 21.4. The molecule has 0 spiro atoms. The molecular weight excluding hydrogens is 416 g/mol. The minimum Gasteiger partial charge on any atom is -0.490 e. The lowest BCUT2D eigenvalue weighted by atomic mass is 10.1. The zero-order valence-electron chi connectivity index (χ0n) is 17.0. The number of anilines is 1. The third-order valence-electron chi connectivity index (χ3n) is 5.56. The fraction of sp³-hybridized carbons (Fsp3) is 0.261. The molecule has 0 radical (unpaired) electrons. The van der Waals surface area contributed by atoms with Crippen LogP contribution in [-0.2, 0) is 19.6 Å². The fourth-order valence-electron chi connectivity index (χ4n) is 4.05. The zero-order valence-corrected chi connectivity index (χ0v) is 17.8. The van der Waals surface area contributed by atoms with E-state index in [0.29, 0.717) is 43.0 Å². The number of nitrogens with zero attached hydrogens (tertiary/aromatic N) is 4. The lowest BCUT2D eigenvalue weighted by molar-refractivity contribution is 0.0996. The van der Waals surface area contributed by atoms with Gasteiger partial charge in [-0.3, -0.25) is 9.69 Å². The first kappa shape index (κ1) is 19.8. The second-order valence-corrected chi connectivity index (χ2v) is 8.01. The largest absolute Gasteiger partial charge is 0.490 e. The monoisotopic (exact) mass is 436 g/mol. The van der Waals surface area contributed by atoms with Crippen LogP contribution < -0.4 is 14.4 Å². The SMILES string of the molecule is COc1ncc(CN2CCOc3c(Cl)cc(N4Cc5ccccc5C4=O)cc3C2)cn1. The van der Waals surface area contributed by atoms with Crippen LogP contribution in [0.2, 0.25) is 5.02 Å². The third kappa shape index (κ3) is 3.82. The molecule has 0 atom stereocenters. The molecule has 3 heterocycles. The smallest absolute Gasteiger partial charge is 0.316 e. The van der Waals surface area contributed by atoms with Crippen LogP contribution >= 0.6 is 11.6 Å². The van der Waals surface area contributed by atoms with Crippen LogP contribution in [-0.4, -0.2) is 41.0 Å². The van der Waals surface area contributed by atoms with Crippen molar-refractivity contribution in [2.24, 2.45) is 0 Å². The Kier molecular flexibility index (Phi) is 5.21. The van der Waals surface area contributed by atoms with Crippen molar-refractivity contribution >= 4 is 23.2 Å². The number of ether oxygens (including phenoxy) is 2.